The molecule has 1 aromatic carbocycles. The fourth-order valence-electron chi connectivity index (χ4n) is 2.89. The van der Waals surface area contributed by atoms with Gasteiger partial charge in [-0.1, -0.05) is 18.7 Å². The van der Waals surface area contributed by atoms with E-state index in [1.54, 1.807) is 12.3 Å². The quantitative estimate of drug-likeness (QED) is 0.376. The first kappa shape index (κ1) is 19.4. The van der Waals surface area contributed by atoms with Gasteiger partial charge in [-0.2, -0.15) is 0 Å². The summed E-state index contributed by atoms with van der Waals surface area (Å²) in [6.45, 7) is 15.4. The van der Waals surface area contributed by atoms with Crippen molar-refractivity contribution in [3.05, 3.63) is 83.7 Å². The molecule has 0 saturated heterocycles. The smallest absolute Gasteiger partial charge is 0.146 e. The Bertz CT molecular complexity index is 852. The zero-order chi connectivity index (χ0) is 19.3. The molecule has 0 aliphatic heterocycles. The van der Waals surface area contributed by atoms with E-state index in [0.717, 1.165) is 34.4 Å². The van der Waals surface area contributed by atoms with Crippen LogP contribution in [0.5, 0.6) is 0 Å². The number of rotatable bonds is 8. The molecule has 0 aliphatic carbocycles. The molecular formula is C22H26FN3. The number of hydrogen-bond acceptors (Lipinski definition) is 2. The van der Waals surface area contributed by atoms with Crippen LogP contribution in [0.1, 0.15) is 28.8 Å². The Balaban J connectivity index is 2.41. The molecule has 0 amide bonds. The summed E-state index contributed by atoms with van der Waals surface area (Å²) in [5.41, 5.74) is 5.84. The molecule has 0 spiro atoms. The summed E-state index contributed by atoms with van der Waals surface area (Å²) in [5.74, 6) is -0.300. The van der Waals surface area contributed by atoms with Gasteiger partial charge in [-0.05, 0) is 56.7 Å². The van der Waals surface area contributed by atoms with Gasteiger partial charge in [0.1, 0.15) is 5.82 Å². The average Bonchev–Trinajstić information content (AvgIpc) is 2.94. The first-order valence-corrected chi connectivity index (χ1v) is 8.53. The SMILES string of the molecule is C=CCCc1c(C)ccc(F)c1NC(=C)/C(=C\N=C)c1cc(C)n(C)c1. The van der Waals surface area contributed by atoms with Gasteiger partial charge in [0, 0.05) is 42.0 Å². The van der Waals surface area contributed by atoms with Gasteiger partial charge < -0.3 is 9.88 Å². The molecule has 0 radical (unpaired) electrons. The van der Waals surface area contributed by atoms with Crippen molar-refractivity contribution in [3.8, 4) is 0 Å². The van der Waals surface area contributed by atoms with Crippen LogP contribution in [0.15, 0.2) is 60.5 Å². The van der Waals surface area contributed by atoms with E-state index in [1.165, 1.54) is 6.07 Å². The van der Waals surface area contributed by atoms with Crippen LogP contribution in [-0.4, -0.2) is 11.3 Å². The van der Waals surface area contributed by atoms with Gasteiger partial charge in [0.05, 0.1) is 5.69 Å². The van der Waals surface area contributed by atoms with Crippen molar-refractivity contribution >= 4 is 18.0 Å². The number of hydrogen-bond donors (Lipinski definition) is 1. The molecule has 26 heavy (non-hydrogen) atoms. The maximum atomic E-state index is 14.5. The highest BCUT2D eigenvalue weighted by molar-refractivity contribution is 5.82. The van der Waals surface area contributed by atoms with E-state index < -0.39 is 0 Å². The van der Waals surface area contributed by atoms with Crippen LogP contribution in [0.2, 0.25) is 0 Å². The van der Waals surface area contributed by atoms with Crippen LogP contribution in [0.3, 0.4) is 0 Å². The van der Waals surface area contributed by atoms with Crippen LogP contribution in [0.4, 0.5) is 10.1 Å². The number of nitrogens with one attached hydrogen (secondary N) is 1. The van der Waals surface area contributed by atoms with E-state index in [4.69, 9.17) is 0 Å². The summed E-state index contributed by atoms with van der Waals surface area (Å²) in [4.78, 5) is 3.90. The van der Waals surface area contributed by atoms with Crippen LogP contribution in [0, 0.1) is 19.7 Å². The minimum absolute atomic E-state index is 0.300. The molecular weight excluding hydrogens is 325 g/mol. The van der Waals surface area contributed by atoms with Gasteiger partial charge in [0.2, 0.25) is 0 Å². The summed E-state index contributed by atoms with van der Waals surface area (Å²) in [7, 11) is 1.97. The van der Waals surface area contributed by atoms with Gasteiger partial charge in [0.15, 0.2) is 0 Å². The lowest BCUT2D eigenvalue weighted by atomic mass is 10.00. The summed E-state index contributed by atoms with van der Waals surface area (Å²) < 4.78 is 16.6. The summed E-state index contributed by atoms with van der Waals surface area (Å²) in [6, 6.07) is 5.31. The third-order valence-electron chi connectivity index (χ3n) is 4.48. The minimum atomic E-state index is -0.300. The molecule has 0 atom stereocenters. The van der Waals surface area contributed by atoms with Crippen LogP contribution >= 0.6 is 0 Å². The van der Waals surface area contributed by atoms with E-state index in [2.05, 4.69) is 30.2 Å². The second-order valence-corrected chi connectivity index (χ2v) is 6.36. The Labute approximate surface area is 155 Å². The number of nitrogens with zero attached hydrogens (tertiary/aromatic N) is 2. The van der Waals surface area contributed by atoms with Gasteiger partial charge >= 0.3 is 0 Å². The molecule has 3 nitrogen and oxygen atoms in total. The highest BCUT2D eigenvalue weighted by Crippen LogP contribution is 2.30. The largest absolute Gasteiger partial charge is 0.354 e. The Morgan fingerprint density at radius 3 is 2.65 bits per heavy atom. The molecule has 1 heterocycles. The zero-order valence-electron chi connectivity index (χ0n) is 15.8. The molecule has 2 aromatic rings. The molecule has 2 rings (SSSR count). The lowest BCUT2D eigenvalue weighted by molar-refractivity contribution is 0.629. The van der Waals surface area contributed by atoms with Gasteiger partial charge in [-0.25, -0.2) is 4.39 Å². The molecule has 1 aromatic heterocycles. The Morgan fingerprint density at radius 1 is 1.35 bits per heavy atom. The van der Waals surface area contributed by atoms with Crippen LogP contribution in [-0.2, 0) is 13.5 Å². The predicted octanol–water partition coefficient (Wildman–Crippen LogP) is 5.57. The molecule has 0 bridgehead atoms. The molecule has 0 saturated carbocycles. The van der Waals surface area contributed by atoms with E-state index in [9.17, 15) is 4.39 Å². The maximum absolute atomic E-state index is 14.5. The van der Waals surface area contributed by atoms with Crippen molar-refractivity contribution < 1.29 is 4.39 Å². The fourth-order valence-corrected chi connectivity index (χ4v) is 2.89. The number of aryl methyl sites for hydroxylation is 3. The molecule has 0 aliphatic rings. The van der Waals surface area contributed by atoms with Gasteiger partial charge in [-0.15, -0.1) is 6.58 Å². The second-order valence-electron chi connectivity index (χ2n) is 6.36. The fraction of sp³-hybridized carbons (Fsp3) is 0.227. The van der Waals surface area contributed by atoms with E-state index in [0.29, 0.717) is 17.8 Å². The topological polar surface area (TPSA) is 29.3 Å². The number of aliphatic imine (C=N–C) groups is 1. The highest BCUT2D eigenvalue weighted by atomic mass is 19.1. The first-order chi connectivity index (χ1) is 12.4. The molecule has 0 fully saturated rings. The molecule has 1 N–H and O–H groups in total. The number of halogens is 1. The Kier molecular flexibility index (Phi) is 6.34. The van der Waals surface area contributed by atoms with Crippen molar-refractivity contribution in [3.63, 3.8) is 0 Å². The summed E-state index contributed by atoms with van der Waals surface area (Å²) in [6.07, 6.45) is 6.96. The standard InChI is InChI=1S/C22H26FN3/c1-7-8-9-19-15(2)10-11-21(23)22(19)25-17(4)20(13-24-5)18-12-16(3)26(6)14-18/h7,10-14,25H,1,4-5,8-9H2,2-3,6H3/b20-13+. The van der Waals surface area contributed by atoms with E-state index >= 15 is 0 Å². The number of aromatic nitrogens is 1. The number of benzene rings is 1. The van der Waals surface area contributed by atoms with Crippen molar-refractivity contribution in [2.75, 3.05) is 5.32 Å². The molecule has 4 heteroatoms. The lowest BCUT2D eigenvalue weighted by Crippen LogP contribution is -2.07. The van der Waals surface area contributed by atoms with Gasteiger partial charge in [0.25, 0.3) is 0 Å². The molecule has 0 unspecified atom stereocenters. The highest BCUT2D eigenvalue weighted by Gasteiger charge is 2.15. The normalized spacial score (nSPS) is 11.3. The number of anilines is 1. The summed E-state index contributed by atoms with van der Waals surface area (Å²) >= 11 is 0. The predicted molar refractivity (Wildman–Crippen MR) is 110 cm³/mol. The maximum Gasteiger partial charge on any atom is 0.146 e. The van der Waals surface area contributed by atoms with Crippen molar-refractivity contribution in [1.29, 1.82) is 0 Å². The summed E-state index contributed by atoms with van der Waals surface area (Å²) in [5, 5.41) is 3.17. The third-order valence-corrected chi connectivity index (χ3v) is 4.48. The number of allylic oxidation sites excluding steroid dienone is 2. The zero-order valence-corrected chi connectivity index (χ0v) is 15.8. The first-order valence-electron chi connectivity index (χ1n) is 8.53. The van der Waals surface area contributed by atoms with Crippen LogP contribution in [0.25, 0.3) is 5.57 Å². The minimum Gasteiger partial charge on any atom is -0.354 e. The van der Waals surface area contributed by atoms with Gasteiger partial charge in [-0.3, -0.25) is 4.99 Å². The Morgan fingerprint density at radius 2 is 2.08 bits per heavy atom. The van der Waals surface area contributed by atoms with E-state index in [1.807, 2.05) is 43.8 Å². The van der Waals surface area contributed by atoms with Crippen LogP contribution < -0.4 is 5.32 Å². The average molecular weight is 351 g/mol. The monoisotopic (exact) mass is 351 g/mol. The van der Waals surface area contributed by atoms with Crippen molar-refractivity contribution in [2.24, 2.45) is 12.0 Å². The third kappa shape index (κ3) is 4.20. The van der Waals surface area contributed by atoms with Crippen molar-refractivity contribution in [2.45, 2.75) is 26.7 Å². The molecule has 136 valence electrons. The lowest BCUT2D eigenvalue weighted by Gasteiger charge is -2.18. The Hall–Kier alpha value is -2.88. The van der Waals surface area contributed by atoms with E-state index in [-0.39, 0.29) is 5.82 Å². The second kappa shape index (κ2) is 8.48. The van der Waals surface area contributed by atoms with Crippen molar-refractivity contribution in [1.82, 2.24) is 4.57 Å².